The molecule has 0 aliphatic carbocycles. The van der Waals surface area contributed by atoms with E-state index in [1.165, 1.54) is 7.11 Å². The normalized spacial score (nSPS) is 9.90. The molecule has 2 aromatic carbocycles. The summed E-state index contributed by atoms with van der Waals surface area (Å²) in [7, 11) is 1.31. The summed E-state index contributed by atoms with van der Waals surface area (Å²) in [6.45, 7) is 0. The Morgan fingerprint density at radius 3 is 2.60 bits per heavy atom. The number of hydrogen-bond donors (Lipinski definition) is 0. The quantitative estimate of drug-likeness (QED) is 0.460. The van der Waals surface area contributed by atoms with Gasteiger partial charge in [-0.05, 0) is 52.9 Å². The maximum atomic E-state index is 11.7. The minimum absolute atomic E-state index is 0.311. The molecule has 0 aliphatic heterocycles. The van der Waals surface area contributed by atoms with E-state index in [1.807, 2.05) is 6.07 Å². The molecule has 2 aromatic rings. The average Bonchev–Trinajstić information content (AvgIpc) is 2.48. The van der Waals surface area contributed by atoms with Crippen molar-refractivity contribution in [3.05, 3.63) is 57.2 Å². The maximum absolute atomic E-state index is 11.7. The smallest absolute Gasteiger partial charge is 0.341 e. The summed E-state index contributed by atoms with van der Waals surface area (Å²) in [4.78, 5) is 22.7. The number of halogens is 1. The predicted octanol–water partition coefficient (Wildman–Crippen LogP) is 3.68. The second kappa shape index (κ2) is 6.51. The van der Waals surface area contributed by atoms with Crippen molar-refractivity contribution in [1.82, 2.24) is 0 Å². The van der Waals surface area contributed by atoms with Crippen LogP contribution in [-0.2, 0) is 4.74 Å². The number of esters is 1. The number of rotatable bonds is 4. The highest BCUT2D eigenvalue weighted by Crippen LogP contribution is 2.28. The fraction of sp³-hybridized carbons (Fsp3) is 0.0667. The zero-order valence-electron chi connectivity index (χ0n) is 10.6. The third-order valence-electron chi connectivity index (χ3n) is 2.61. The van der Waals surface area contributed by atoms with Crippen molar-refractivity contribution in [2.45, 2.75) is 0 Å². The number of ether oxygens (including phenoxy) is 2. The van der Waals surface area contributed by atoms with Crippen LogP contribution in [-0.4, -0.2) is 19.4 Å². The van der Waals surface area contributed by atoms with Gasteiger partial charge in [-0.3, -0.25) is 4.79 Å². The fourth-order valence-corrected chi connectivity index (χ4v) is 2.17. The van der Waals surface area contributed by atoms with E-state index in [2.05, 4.69) is 22.6 Å². The molecular formula is C15H11IO4. The fourth-order valence-electron chi connectivity index (χ4n) is 1.66. The Morgan fingerprint density at radius 1 is 1.15 bits per heavy atom. The van der Waals surface area contributed by atoms with E-state index >= 15 is 0 Å². The molecule has 20 heavy (non-hydrogen) atoms. The van der Waals surface area contributed by atoms with Crippen LogP contribution in [0.25, 0.3) is 0 Å². The molecule has 102 valence electrons. The zero-order valence-corrected chi connectivity index (χ0v) is 12.8. The molecule has 0 unspecified atom stereocenters. The van der Waals surface area contributed by atoms with Crippen molar-refractivity contribution in [3.8, 4) is 11.5 Å². The van der Waals surface area contributed by atoms with Gasteiger partial charge in [-0.15, -0.1) is 0 Å². The van der Waals surface area contributed by atoms with E-state index in [-0.39, 0.29) is 0 Å². The first-order valence-electron chi connectivity index (χ1n) is 5.75. The number of para-hydroxylation sites is 1. The van der Waals surface area contributed by atoms with Gasteiger partial charge in [-0.2, -0.15) is 0 Å². The second-order valence-electron chi connectivity index (χ2n) is 3.89. The van der Waals surface area contributed by atoms with E-state index < -0.39 is 5.97 Å². The number of hydrogen-bond acceptors (Lipinski definition) is 4. The van der Waals surface area contributed by atoms with Crippen molar-refractivity contribution in [1.29, 1.82) is 0 Å². The summed E-state index contributed by atoms with van der Waals surface area (Å²) in [5, 5.41) is 0. The topological polar surface area (TPSA) is 52.6 Å². The van der Waals surface area contributed by atoms with Crippen LogP contribution in [0.15, 0.2) is 42.5 Å². The van der Waals surface area contributed by atoms with E-state index in [1.54, 1.807) is 36.4 Å². The number of methoxy groups -OCH3 is 1. The van der Waals surface area contributed by atoms with Crippen LogP contribution in [0, 0.1) is 3.57 Å². The molecule has 0 spiro atoms. The standard InChI is InChI=1S/C15H11IO4/c1-19-15(18)12-4-2-3-5-14(12)20-13-7-6-11(16)8-10(13)9-17/h2-9H,1H3. The molecular weight excluding hydrogens is 371 g/mol. The molecule has 0 atom stereocenters. The molecule has 0 amide bonds. The van der Waals surface area contributed by atoms with E-state index in [0.717, 1.165) is 9.86 Å². The lowest BCUT2D eigenvalue weighted by Gasteiger charge is -2.11. The van der Waals surface area contributed by atoms with Gasteiger partial charge >= 0.3 is 5.97 Å². The number of benzene rings is 2. The molecule has 0 aliphatic rings. The van der Waals surface area contributed by atoms with Gasteiger partial charge in [-0.25, -0.2) is 4.79 Å². The Hall–Kier alpha value is -1.89. The number of carbonyl (C=O) groups excluding carboxylic acids is 2. The lowest BCUT2D eigenvalue weighted by atomic mass is 10.2. The van der Waals surface area contributed by atoms with Crippen molar-refractivity contribution in [2.75, 3.05) is 7.11 Å². The molecule has 0 saturated carbocycles. The SMILES string of the molecule is COC(=O)c1ccccc1Oc1ccc(I)cc1C=O. The highest BCUT2D eigenvalue weighted by atomic mass is 127. The first-order chi connectivity index (χ1) is 9.65. The van der Waals surface area contributed by atoms with Gasteiger partial charge < -0.3 is 9.47 Å². The van der Waals surface area contributed by atoms with Gasteiger partial charge in [0.05, 0.1) is 12.7 Å². The van der Waals surface area contributed by atoms with Crippen LogP contribution in [0.4, 0.5) is 0 Å². The number of carbonyl (C=O) groups is 2. The Labute approximate surface area is 129 Å². The molecule has 2 rings (SSSR count). The van der Waals surface area contributed by atoms with Crippen molar-refractivity contribution < 1.29 is 19.1 Å². The van der Waals surface area contributed by atoms with Crippen molar-refractivity contribution in [3.63, 3.8) is 0 Å². The highest BCUT2D eigenvalue weighted by Gasteiger charge is 2.14. The third-order valence-corrected chi connectivity index (χ3v) is 3.28. The van der Waals surface area contributed by atoms with E-state index in [9.17, 15) is 9.59 Å². The van der Waals surface area contributed by atoms with Crippen LogP contribution >= 0.6 is 22.6 Å². The van der Waals surface area contributed by atoms with Crippen LogP contribution < -0.4 is 4.74 Å². The van der Waals surface area contributed by atoms with Gasteiger partial charge in [0.15, 0.2) is 6.29 Å². The van der Waals surface area contributed by atoms with Gasteiger partial charge in [0, 0.05) is 3.57 Å². The predicted molar refractivity (Wildman–Crippen MR) is 82.4 cm³/mol. The molecule has 0 fully saturated rings. The molecule has 0 N–H and O–H groups in total. The minimum atomic E-state index is -0.487. The van der Waals surface area contributed by atoms with E-state index in [4.69, 9.17) is 9.47 Å². The van der Waals surface area contributed by atoms with Crippen LogP contribution in [0.3, 0.4) is 0 Å². The molecule has 4 nitrogen and oxygen atoms in total. The summed E-state index contributed by atoms with van der Waals surface area (Å²) in [6.07, 6.45) is 0.720. The average molecular weight is 382 g/mol. The summed E-state index contributed by atoms with van der Waals surface area (Å²) >= 11 is 2.11. The summed E-state index contributed by atoms with van der Waals surface area (Å²) < 4.78 is 11.3. The number of aldehydes is 1. The van der Waals surface area contributed by atoms with Crippen LogP contribution in [0.2, 0.25) is 0 Å². The molecule has 0 heterocycles. The lowest BCUT2D eigenvalue weighted by Crippen LogP contribution is -2.04. The van der Waals surface area contributed by atoms with Crippen LogP contribution in [0.1, 0.15) is 20.7 Å². The van der Waals surface area contributed by atoms with Gasteiger partial charge in [0.25, 0.3) is 0 Å². The Bertz CT molecular complexity index is 652. The van der Waals surface area contributed by atoms with Crippen molar-refractivity contribution >= 4 is 34.8 Å². The Morgan fingerprint density at radius 2 is 1.90 bits per heavy atom. The Balaban J connectivity index is 2.40. The summed E-state index contributed by atoms with van der Waals surface area (Å²) in [5.74, 6) is 0.263. The third kappa shape index (κ3) is 3.16. The lowest BCUT2D eigenvalue weighted by molar-refractivity contribution is 0.0598. The van der Waals surface area contributed by atoms with Crippen LogP contribution in [0.5, 0.6) is 11.5 Å². The zero-order chi connectivity index (χ0) is 14.5. The monoisotopic (exact) mass is 382 g/mol. The maximum Gasteiger partial charge on any atom is 0.341 e. The largest absolute Gasteiger partial charge is 0.465 e. The van der Waals surface area contributed by atoms with Gasteiger partial charge in [-0.1, -0.05) is 12.1 Å². The van der Waals surface area contributed by atoms with Crippen molar-refractivity contribution in [2.24, 2.45) is 0 Å². The second-order valence-corrected chi connectivity index (χ2v) is 5.14. The Kier molecular flexibility index (Phi) is 4.73. The molecule has 0 radical (unpaired) electrons. The minimum Gasteiger partial charge on any atom is -0.465 e. The van der Waals surface area contributed by atoms with E-state index in [0.29, 0.717) is 22.6 Å². The van der Waals surface area contributed by atoms with Gasteiger partial charge in [0.1, 0.15) is 17.1 Å². The molecule has 0 saturated heterocycles. The highest BCUT2D eigenvalue weighted by molar-refractivity contribution is 14.1. The first-order valence-corrected chi connectivity index (χ1v) is 6.83. The van der Waals surface area contributed by atoms with Gasteiger partial charge in [0.2, 0.25) is 0 Å². The molecule has 5 heteroatoms. The molecule has 0 aromatic heterocycles. The summed E-state index contributed by atoms with van der Waals surface area (Å²) in [6, 6.07) is 11.9. The molecule has 0 bridgehead atoms. The summed E-state index contributed by atoms with van der Waals surface area (Å²) in [5.41, 5.74) is 0.738. The first kappa shape index (κ1) is 14.5.